The molecule has 0 heterocycles. The molecular formula is C13H18N2O3. The van der Waals surface area contributed by atoms with Crippen molar-refractivity contribution in [2.45, 2.75) is 25.8 Å². The number of rotatable bonds is 6. The van der Waals surface area contributed by atoms with Gasteiger partial charge in [-0.3, -0.25) is 10.1 Å². The highest BCUT2D eigenvalue weighted by atomic mass is 16.6. The van der Waals surface area contributed by atoms with Crippen LogP contribution in [0.2, 0.25) is 0 Å². The van der Waals surface area contributed by atoms with Gasteiger partial charge in [0.2, 0.25) is 0 Å². The molecule has 1 fully saturated rings. The number of benzene rings is 1. The fourth-order valence-electron chi connectivity index (χ4n) is 2.12. The molecule has 0 unspecified atom stereocenters. The first-order valence-electron chi connectivity index (χ1n) is 6.22. The molecule has 18 heavy (non-hydrogen) atoms. The highest BCUT2D eigenvalue weighted by molar-refractivity contribution is 5.43. The van der Waals surface area contributed by atoms with E-state index < -0.39 is 0 Å². The normalized spacial score (nSPS) is 15.2. The summed E-state index contributed by atoms with van der Waals surface area (Å²) in [5.74, 6) is 1.47. The van der Waals surface area contributed by atoms with Gasteiger partial charge < -0.3 is 10.1 Å². The molecule has 1 N–H and O–H groups in total. The van der Waals surface area contributed by atoms with Crippen LogP contribution in [0.1, 0.15) is 24.8 Å². The first-order valence-corrected chi connectivity index (χ1v) is 6.22. The van der Waals surface area contributed by atoms with Crippen LogP contribution in [0.4, 0.5) is 5.69 Å². The largest absolute Gasteiger partial charge is 0.496 e. The van der Waals surface area contributed by atoms with Crippen molar-refractivity contribution in [1.29, 1.82) is 0 Å². The van der Waals surface area contributed by atoms with Crippen LogP contribution < -0.4 is 10.1 Å². The molecule has 1 aromatic rings. The standard InChI is InChI=1S/C13H18N2O3/c1-18-13-6-5-12(15(16)17)7-11(13)9-14-8-10-3-2-4-10/h5-7,10,14H,2-4,8-9H2,1H3. The Hall–Kier alpha value is -1.62. The summed E-state index contributed by atoms with van der Waals surface area (Å²) >= 11 is 0. The maximum Gasteiger partial charge on any atom is 0.270 e. The highest BCUT2D eigenvalue weighted by Crippen LogP contribution is 2.26. The number of nitro benzene ring substituents is 1. The van der Waals surface area contributed by atoms with Crippen molar-refractivity contribution in [3.8, 4) is 5.75 Å². The summed E-state index contributed by atoms with van der Waals surface area (Å²) < 4.78 is 5.22. The smallest absolute Gasteiger partial charge is 0.270 e. The summed E-state index contributed by atoms with van der Waals surface area (Å²) in [7, 11) is 1.58. The minimum Gasteiger partial charge on any atom is -0.496 e. The van der Waals surface area contributed by atoms with Crippen LogP contribution in [0, 0.1) is 16.0 Å². The lowest BCUT2D eigenvalue weighted by molar-refractivity contribution is -0.384. The topological polar surface area (TPSA) is 64.4 Å². The van der Waals surface area contributed by atoms with Crippen LogP contribution in [0.25, 0.3) is 0 Å². The molecule has 0 amide bonds. The Kier molecular flexibility index (Phi) is 4.15. The van der Waals surface area contributed by atoms with Crippen LogP contribution >= 0.6 is 0 Å². The number of methoxy groups -OCH3 is 1. The predicted molar refractivity (Wildman–Crippen MR) is 68.7 cm³/mol. The molecular weight excluding hydrogens is 232 g/mol. The Balaban J connectivity index is 1.98. The number of hydrogen-bond acceptors (Lipinski definition) is 4. The average Bonchev–Trinajstić information content (AvgIpc) is 2.32. The number of nitrogens with one attached hydrogen (secondary N) is 1. The zero-order valence-corrected chi connectivity index (χ0v) is 10.5. The first-order chi connectivity index (χ1) is 8.70. The maximum absolute atomic E-state index is 10.7. The Labute approximate surface area is 106 Å². The van der Waals surface area contributed by atoms with Crippen LogP contribution in [-0.2, 0) is 6.54 Å². The summed E-state index contributed by atoms with van der Waals surface area (Å²) in [6.07, 6.45) is 3.91. The molecule has 1 aliphatic carbocycles. The molecule has 5 nitrogen and oxygen atoms in total. The molecule has 1 aromatic carbocycles. The van der Waals surface area contributed by atoms with Crippen LogP contribution in [0.15, 0.2) is 18.2 Å². The molecule has 0 aromatic heterocycles. The van der Waals surface area contributed by atoms with E-state index in [0.717, 1.165) is 18.0 Å². The molecule has 5 heteroatoms. The van der Waals surface area contributed by atoms with Gasteiger partial charge in [0.25, 0.3) is 5.69 Å². The number of non-ortho nitro benzene ring substituents is 1. The summed E-state index contributed by atoms with van der Waals surface area (Å²) in [6.45, 7) is 1.59. The van der Waals surface area contributed by atoms with E-state index in [4.69, 9.17) is 4.74 Å². The monoisotopic (exact) mass is 250 g/mol. The van der Waals surface area contributed by atoms with Gasteiger partial charge in [-0.25, -0.2) is 0 Å². The van der Waals surface area contributed by atoms with Gasteiger partial charge in [-0.05, 0) is 31.4 Å². The third kappa shape index (κ3) is 2.98. The van der Waals surface area contributed by atoms with E-state index in [0.29, 0.717) is 12.3 Å². The van der Waals surface area contributed by atoms with Crippen LogP contribution in [-0.4, -0.2) is 18.6 Å². The van der Waals surface area contributed by atoms with Gasteiger partial charge in [-0.2, -0.15) is 0 Å². The SMILES string of the molecule is COc1ccc([N+](=O)[O-])cc1CNCC1CCC1. The third-order valence-electron chi connectivity index (χ3n) is 3.45. The highest BCUT2D eigenvalue weighted by Gasteiger charge is 2.17. The molecule has 0 radical (unpaired) electrons. The molecule has 1 saturated carbocycles. The first kappa shape index (κ1) is 12.8. The minimum absolute atomic E-state index is 0.108. The van der Waals surface area contributed by atoms with E-state index in [1.54, 1.807) is 19.2 Å². The Morgan fingerprint density at radius 3 is 2.83 bits per heavy atom. The van der Waals surface area contributed by atoms with Crippen molar-refractivity contribution < 1.29 is 9.66 Å². The summed E-state index contributed by atoms with van der Waals surface area (Å²) in [5, 5.41) is 14.1. The van der Waals surface area contributed by atoms with Crippen molar-refractivity contribution in [3.63, 3.8) is 0 Å². The predicted octanol–water partition coefficient (Wildman–Crippen LogP) is 2.49. The second-order valence-electron chi connectivity index (χ2n) is 4.68. The Morgan fingerprint density at radius 2 is 2.28 bits per heavy atom. The number of ether oxygens (including phenoxy) is 1. The fourth-order valence-corrected chi connectivity index (χ4v) is 2.12. The molecule has 0 spiro atoms. The molecule has 1 aliphatic rings. The lowest BCUT2D eigenvalue weighted by Gasteiger charge is -2.25. The van der Waals surface area contributed by atoms with Crippen LogP contribution in [0.5, 0.6) is 5.75 Å². The lowest BCUT2D eigenvalue weighted by Crippen LogP contribution is -2.27. The average molecular weight is 250 g/mol. The van der Waals surface area contributed by atoms with E-state index in [-0.39, 0.29) is 10.6 Å². The molecule has 98 valence electrons. The van der Waals surface area contributed by atoms with E-state index in [9.17, 15) is 10.1 Å². The van der Waals surface area contributed by atoms with Gasteiger partial charge in [-0.15, -0.1) is 0 Å². The number of hydrogen-bond donors (Lipinski definition) is 1. The molecule has 2 rings (SSSR count). The molecule has 0 aliphatic heterocycles. The maximum atomic E-state index is 10.7. The van der Waals surface area contributed by atoms with Crippen molar-refractivity contribution in [3.05, 3.63) is 33.9 Å². The number of nitrogens with zero attached hydrogens (tertiary/aromatic N) is 1. The van der Waals surface area contributed by atoms with Gasteiger partial charge in [0.05, 0.1) is 12.0 Å². The third-order valence-corrected chi connectivity index (χ3v) is 3.45. The van der Waals surface area contributed by atoms with Crippen molar-refractivity contribution in [2.75, 3.05) is 13.7 Å². The fraction of sp³-hybridized carbons (Fsp3) is 0.538. The summed E-state index contributed by atoms with van der Waals surface area (Å²) in [6, 6.07) is 4.69. The Morgan fingerprint density at radius 1 is 1.50 bits per heavy atom. The van der Waals surface area contributed by atoms with Gasteiger partial charge in [0.15, 0.2) is 0 Å². The van der Waals surface area contributed by atoms with Crippen LogP contribution in [0.3, 0.4) is 0 Å². The second kappa shape index (κ2) is 5.82. The quantitative estimate of drug-likeness (QED) is 0.622. The van der Waals surface area contributed by atoms with Crippen molar-refractivity contribution >= 4 is 5.69 Å². The lowest BCUT2D eigenvalue weighted by atomic mass is 9.85. The van der Waals surface area contributed by atoms with Gasteiger partial charge in [0, 0.05) is 24.2 Å². The van der Waals surface area contributed by atoms with E-state index in [2.05, 4.69) is 5.32 Å². The van der Waals surface area contributed by atoms with E-state index in [1.165, 1.54) is 25.3 Å². The van der Waals surface area contributed by atoms with Gasteiger partial charge in [-0.1, -0.05) is 6.42 Å². The second-order valence-corrected chi connectivity index (χ2v) is 4.68. The van der Waals surface area contributed by atoms with Gasteiger partial charge in [0.1, 0.15) is 5.75 Å². The molecule has 0 atom stereocenters. The molecule has 0 bridgehead atoms. The summed E-state index contributed by atoms with van der Waals surface area (Å²) in [5.41, 5.74) is 0.947. The summed E-state index contributed by atoms with van der Waals surface area (Å²) in [4.78, 5) is 10.4. The Bertz CT molecular complexity index is 430. The zero-order chi connectivity index (χ0) is 13.0. The van der Waals surface area contributed by atoms with Crippen molar-refractivity contribution in [1.82, 2.24) is 5.32 Å². The minimum atomic E-state index is -0.380. The van der Waals surface area contributed by atoms with E-state index >= 15 is 0 Å². The van der Waals surface area contributed by atoms with Crippen molar-refractivity contribution in [2.24, 2.45) is 5.92 Å². The van der Waals surface area contributed by atoms with Gasteiger partial charge >= 0.3 is 0 Å². The molecule has 0 saturated heterocycles. The number of nitro groups is 1. The van der Waals surface area contributed by atoms with E-state index in [1.807, 2.05) is 0 Å². The zero-order valence-electron chi connectivity index (χ0n) is 10.5.